The lowest BCUT2D eigenvalue weighted by atomic mass is 10.0. The third kappa shape index (κ3) is 76.3. The zero-order valence-corrected chi connectivity index (χ0v) is 63.9. The molecule has 9 heteroatoms. The van der Waals surface area contributed by atoms with Gasteiger partial charge in [-0.15, -0.1) is 0 Å². The van der Waals surface area contributed by atoms with Crippen LogP contribution in [0.25, 0.3) is 0 Å². The van der Waals surface area contributed by atoms with E-state index in [1.165, 1.54) is 392 Å². The van der Waals surface area contributed by atoms with Gasteiger partial charge in [0.05, 0.1) is 39.9 Å². The Hall–Kier alpha value is -1.02. The third-order valence-corrected chi connectivity index (χ3v) is 20.6. The summed E-state index contributed by atoms with van der Waals surface area (Å²) in [5, 5.41) is 14.0. The molecule has 0 heterocycles. The smallest absolute Gasteiger partial charge is 0.268 e. The molecule has 0 aliphatic heterocycles. The minimum absolute atomic E-state index is 0.00324. The second-order valence-corrected chi connectivity index (χ2v) is 31.6. The summed E-state index contributed by atoms with van der Waals surface area (Å²) < 4.78 is 23.5. The number of nitrogens with zero attached hydrogens (tertiary/aromatic N) is 1. The van der Waals surface area contributed by atoms with E-state index < -0.39 is 20.0 Å². The molecule has 3 atom stereocenters. The van der Waals surface area contributed by atoms with Crippen molar-refractivity contribution in [1.82, 2.24) is 5.32 Å². The van der Waals surface area contributed by atoms with E-state index in [1.54, 1.807) is 6.08 Å². The molecule has 2 N–H and O–H groups in total. The Balaban J connectivity index is 3.90. The van der Waals surface area contributed by atoms with Crippen molar-refractivity contribution >= 4 is 13.7 Å². The number of aliphatic hydroxyl groups excluding tert-OH is 1. The maximum absolute atomic E-state index is 13.1. The number of unbranched alkanes of at least 4 members (excludes halogenated alkanes) is 64. The van der Waals surface area contributed by atoms with Crippen molar-refractivity contribution in [3.05, 3.63) is 24.3 Å². The molecule has 0 fully saturated rings. The van der Waals surface area contributed by atoms with Gasteiger partial charge in [0, 0.05) is 6.42 Å². The summed E-state index contributed by atoms with van der Waals surface area (Å²) in [5.74, 6) is -0.196. The molecule has 8 nitrogen and oxygen atoms in total. The maximum atomic E-state index is 13.1. The van der Waals surface area contributed by atoms with Gasteiger partial charge in [-0.05, 0) is 32.1 Å². The van der Waals surface area contributed by atoms with E-state index in [-0.39, 0.29) is 19.1 Å². The molecule has 3 unspecified atom stereocenters. The van der Waals surface area contributed by atoms with Gasteiger partial charge in [-0.2, -0.15) is 0 Å². The highest BCUT2D eigenvalue weighted by atomic mass is 31.2. The zero-order valence-electron chi connectivity index (χ0n) is 63.1. The molecule has 548 valence electrons. The van der Waals surface area contributed by atoms with Crippen LogP contribution in [0.3, 0.4) is 0 Å². The first-order valence-electron chi connectivity index (χ1n) is 41.7. The number of aliphatic hydroxyl groups is 1. The molecule has 0 aromatic rings. The SMILES string of the molecule is CCCCCCCCCCCCCCCCCCCCCCCCC/C=C/CC/C=C/C(O)C(COP(=O)([O-])OCC[N+](C)(C)C)NC(=O)CCCCCCCCCCCCCCCCCCCCCCCCCCCCCCCCCCCCCCCCCCC. The zero-order chi connectivity index (χ0) is 66.9. The van der Waals surface area contributed by atoms with Crippen molar-refractivity contribution in [2.45, 2.75) is 463 Å². The van der Waals surface area contributed by atoms with Crippen LogP contribution in [0, 0.1) is 0 Å². The first kappa shape index (κ1) is 91.0. The molecule has 0 spiro atoms. The van der Waals surface area contributed by atoms with Crippen molar-refractivity contribution in [1.29, 1.82) is 0 Å². The van der Waals surface area contributed by atoms with E-state index in [0.29, 0.717) is 17.4 Å². The Morgan fingerprint density at radius 3 is 0.880 bits per heavy atom. The molecule has 0 aliphatic rings. The largest absolute Gasteiger partial charge is 0.756 e. The van der Waals surface area contributed by atoms with E-state index in [4.69, 9.17) is 9.05 Å². The predicted octanol–water partition coefficient (Wildman–Crippen LogP) is 26.7. The monoisotopic (exact) mass is 1320 g/mol. The van der Waals surface area contributed by atoms with Crippen molar-refractivity contribution in [2.75, 3.05) is 40.9 Å². The van der Waals surface area contributed by atoms with E-state index >= 15 is 0 Å². The fourth-order valence-corrected chi connectivity index (χ4v) is 14.0. The molecule has 0 aliphatic carbocycles. The highest BCUT2D eigenvalue weighted by Gasteiger charge is 2.23. The fourth-order valence-electron chi connectivity index (χ4n) is 13.2. The van der Waals surface area contributed by atoms with Gasteiger partial charge in [-0.25, -0.2) is 0 Å². The molecule has 92 heavy (non-hydrogen) atoms. The molecule has 0 saturated heterocycles. The molecule has 0 aromatic heterocycles. The van der Waals surface area contributed by atoms with E-state index in [0.717, 1.165) is 38.5 Å². The van der Waals surface area contributed by atoms with E-state index in [9.17, 15) is 19.4 Å². The van der Waals surface area contributed by atoms with Gasteiger partial charge in [-0.3, -0.25) is 9.36 Å². The summed E-state index contributed by atoms with van der Waals surface area (Å²) in [6.45, 7) is 4.71. The van der Waals surface area contributed by atoms with Crippen molar-refractivity contribution < 1.29 is 32.9 Å². The number of phosphoric acid groups is 1. The Morgan fingerprint density at radius 2 is 0.609 bits per heavy atom. The van der Waals surface area contributed by atoms with Crippen LogP contribution in [0.15, 0.2) is 24.3 Å². The normalized spacial score (nSPS) is 13.5. The van der Waals surface area contributed by atoms with Crippen molar-refractivity contribution in [3.8, 4) is 0 Å². The Kier molecular flexibility index (Phi) is 73.4. The second-order valence-electron chi connectivity index (χ2n) is 30.2. The summed E-state index contributed by atoms with van der Waals surface area (Å²) >= 11 is 0. The van der Waals surface area contributed by atoms with Gasteiger partial charge >= 0.3 is 0 Å². The number of hydrogen-bond donors (Lipinski definition) is 2. The van der Waals surface area contributed by atoms with E-state index in [2.05, 4.69) is 31.3 Å². The number of rotatable bonds is 79. The van der Waals surface area contributed by atoms with Crippen molar-refractivity contribution in [2.24, 2.45) is 0 Å². The highest BCUT2D eigenvalue weighted by molar-refractivity contribution is 7.45. The standard InChI is InChI=1S/C83H165N2O6P/c1-6-8-10-12-14-16-18-20-22-24-26-28-30-32-34-36-37-38-39-40-41-42-43-44-45-46-47-49-51-53-55-57-59-61-63-65-67-69-71-73-75-77-83(87)84-81(80-91-92(88,89)90-79-78-85(3,4)5)82(86)76-74-72-70-68-66-64-62-60-58-56-54-52-50-48-35-33-31-29-27-25-23-21-19-17-15-13-11-9-7-2/h66,68,74,76,81-82,86H,6-65,67,69-73,75,77-80H2,1-5H3,(H-,84,87,88,89)/b68-66+,76-74+. The lowest BCUT2D eigenvalue weighted by Crippen LogP contribution is -2.45. The average Bonchev–Trinajstić information content (AvgIpc) is 2.68. The van der Waals surface area contributed by atoms with Crippen LogP contribution in [0.4, 0.5) is 0 Å². The summed E-state index contributed by atoms with van der Waals surface area (Å²) in [4.78, 5) is 25.7. The number of phosphoric ester groups is 1. The summed E-state index contributed by atoms with van der Waals surface area (Å²) in [6, 6.07) is -0.903. The number of amides is 1. The van der Waals surface area contributed by atoms with Gasteiger partial charge in [0.2, 0.25) is 5.91 Å². The summed E-state index contributed by atoms with van der Waals surface area (Å²) in [7, 11) is 1.27. The van der Waals surface area contributed by atoms with Crippen LogP contribution in [-0.2, 0) is 18.4 Å². The molecule has 1 amide bonds. The minimum atomic E-state index is -4.61. The van der Waals surface area contributed by atoms with Gasteiger partial charge in [0.1, 0.15) is 13.2 Å². The number of nitrogens with one attached hydrogen (secondary N) is 1. The maximum Gasteiger partial charge on any atom is 0.268 e. The number of carbonyl (C=O) groups excluding carboxylic acids is 1. The number of hydrogen-bond acceptors (Lipinski definition) is 6. The number of allylic oxidation sites excluding steroid dienone is 3. The third-order valence-electron chi connectivity index (χ3n) is 19.7. The number of quaternary nitrogens is 1. The topological polar surface area (TPSA) is 108 Å². The first-order valence-corrected chi connectivity index (χ1v) is 43.2. The van der Waals surface area contributed by atoms with Gasteiger partial charge in [0.15, 0.2) is 0 Å². The second kappa shape index (κ2) is 74.2. The molecule has 0 radical (unpaired) electrons. The number of carbonyl (C=O) groups is 1. The van der Waals surface area contributed by atoms with Gasteiger partial charge in [0.25, 0.3) is 7.82 Å². The minimum Gasteiger partial charge on any atom is -0.756 e. The van der Waals surface area contributed by atoms with E-state index in [1.807, 2.05) is 27.2 Å². The van der Waals surface area contributed by atoms with Crippen LogP contribution in [0.5, 0.6) is 0 Å². The first-order chi connectivity index (χ1) is 45.0. The predicted molar refractivity (Wildman–Crippen MR) is 404 cm³/mol. The fraction of sp³-hybridized carbons (Fsp3) is 0.940. The molecule has 0 aromatic carbocycles. The Morgan fingerprint density at radius 1 is 0.370 bits per heavy atom. The Labute approximate surface area is 576 Å². The molecule has 0 saturated carbocycles. The molecule has 0 bridgehead atoms. The average molecular weight is 1320 g/mol. The van der Waals surface area contributed by atoms with Crippen LogP contribution >= 0.6 is 7.82 Å². The van der Waals surface area contributed by atoms with Crippen LogP contribution in [-0.4, -0.2) is 68.5 Å². The quantitative estimate of drug-likeness (QED) is 0.0272. The highest BCUT2D eigenvalue weighted by Crippen LogP contribution is 2.38. The number of likely N-dealkylation sites (N-methyl/N-ethyl adjacent to an activating group) is 1. The molecular formula is C83H165N2O6P. The van der Waals surface area contributed by atoms with Gasteiger partial charge in [-0.1, -0.05) is 436 Å². The summed E-state index contributed by atoms with van der Waals surface area (Å²) in [6.07, 6.45) is 99.6. The van der Waals surface area contributed by atoms with Crippen molar-refractivity contribution in [3.63, 3.8) is 0 Å². The molecular weight excluding hydrogens is 1150 g/mol. The van der Waals surface area contributed by atoms with Crippen LogP contribution < -0.4 is 10.2 Å². The van der Waals surface area contributed by atoms with Gasteiger partial charge < -0.3 is 28.8 Å². The lowest BCUT2D eigenvalue weighted by Gasteiger charge is -2.29. The molecule has 0 rings (SSSR count). The Bertz CT molecular complexity index is 1550. The van der Waals surface area contributed by atoms with Crippen LogP contribution in [0.2, 0.25) is 0 Å². The van der Waals surface area contributed by atoms with Crippen LogP contribution in [0.1, 0.15) is 450 Å². The summed E-state index contributed by atoms with van der Waals surface area (Å²) in [5.41, 5.74) is 0. The lowest BCUT2D eigenvalue weighted by molar-refractivity contribution is -0.870.